The highest BCUT2D eigenvalue weighted by Gasteiger charge is 2.46. The van der Waals surface area contributed by atoms with Crippen molar-refractivity contribution < 1.29 is 4.79 Å². The summed E-state index contributed by atoms with van der Waals surface area (Å²) in [6, 6.07) is 8.60. The van der Waals surface area contributed by atoms with Gasteiger partial charge in [-0.05, 0) is 38.3 Å². The number of carbonyl (C=O) groups is 1. The lowest BCUT2D eigenvalue weighted by atomic mass is 9.95. The van der Waals surface area contributed by atoms with Crippen LogP contribution in [0.3, 0.4) is 0 Å². The molecular weight excluding hydrogens is 224 g/mol. The van der Waals surface area contributed by atoms with Gasteiger partial charge in [-0.2, -0.15) is 0 Å². The Morgan fingerprint density at radius 1 is 1.22 bits per heavy atom. The maximum absolute atomic E-state index is 12.1. The molecule has 0 saturated carbocycles. The van der Waals surface area contributed by atoms with E-state index in [1.165, 1.54) is 11.1 Å². The SMILES string of the molecule is Cc1ccc(C23CCC(=O)N2CCCCN3)cc1. The highest BCUT2D eigenvalue weighted by atomic mass is 16.2. The number of nitrogens with one attached hydrogen (secondary N) is 1. The first-order valence-electron chi connectivity index (χ1n) is 6.85. The van der Waals surface area contributed by atoms with Crippen molar-refractivity contribution in [2.24, 2.45) is 0 Å². The van der Waals surface area contributed by atoms with E-state index in [9.17, 15) is 4.79 Å². The lowest BCUT2D eigenvalue weighted by Gasteiger charge is -2.38. The summed E-state index contributed by atoms with van der Waals surface area (Å²) >= 11 is 0. The third-order valence-electron chi connectivity index (χ3n) is 4.22. The summed E-state index contributed by atoms with van der Waals surface area (Å²) in [6.45, 7) is 3.98. The molecule has 2 saturated heterocycles. The largest absolute Gasteiger partial charge is 0.320 e. The van der Waals surface area contributed by atoms with Crippen molar-refractivity contribution in [1.82, 2.24) is 10.2 Å². The number of benzene rings is 1. The number of hydrogen-bond acceptors (Lipinski definition) is 2. The van der Waals surface area contributed by atoms with Crippen LogP contribution in [-0.4, -0.2) is 23.9 Å². The predicted molar refractivity (Wildman–Crippen MR) is 71.0 cm³/mol. The summed E-state index contributed by atoms with van der Waals surface area (Å²) in [6.07, 6.45) is 3.82. The van der Waals surface area contributed by atoms with E-state index in [-0.39, 0.29) is 5.66 Å². The Balaban J connectivity index is 2.03. The van der Waals surface area contributed by atoms with Gasteiger partial charge in [0.25, 0.3) is 0 Å². The van der Waals surface area contributed by atoms with E-state index in [1.807, 2.05) is 0 Å². The molecule has 2 aliphatic rings. The first-order valence-corrected chi connectivity index (χ1v) is 6.85. The van der Waals surface area contributed by atoms with Crippen LogP contribution in [0.4, 0.5) is 0 Å². The average molecular weight is 244 g/mol. The summed E-state index contributed by atoms with van der Waals surface area (Å²) in [5.41, 5.74) is 2.27. The molecule has 0 radical (unpaired) electrons. The van der Waals surface area contributed by atoms with E-state index in [2.05, 4.69) is 41.4 Å². The Bertz CT molecular complexity index is 454. The normalized spacial score (nSPS) is 28.1. The van der Waals surface area contributed by atoms with Crippen molar-refractivity contribution in [2.45, 2.75) is 38.3 Å². The molecule has 1 N–H and O–H groups in total. The van der Waals surface area contributed by atoms with Gasteiger partial charge < -0.3 is 4.90 Å². The third-order valence-corrected chi connectivity index (χ3v) is 4.22. The zero-order valence-electron chi connectivity index (χ0n) is 10.9. The molecule has 0 spiro atoms. The van der Waals surface area contributed by atoms with Gasteiger partial charge in [0.1, 0.15) is 5.66 Å². The van der Waals surface area contributed by atoms with E-state index in [0.29, 0.717) is 12.3 Å². The van der Waals surface area contributed by atoms with E-state index in [4.69, 9.17) is 0 Å². The van der Waals surface area contributed by atoms with Crippen LogP contribution in [0.5, 0.6) is 0 Å². The molecular formula is C15H20N2O. The molecule has 0 bridgehead atoms. The maximum Gasteiger partial charge on any atom is 0.224 e. The topological polar surface area (TPSA) is 32.3 Å². The van der Waals surface area contributed by atoms with Crippen LogP contribution >= 0.6 is 0 Å². The quantitative estimate of drug-likeness (QED) is 0.821. The molecule has 0 aromatic heterocycles. The number of aryl methyl sites for hydroxylation is 1. The summed E-state index contributed by atoms with van der Waals surface area (Å²) < 4.78 is 0. The van der Waals surface area contributed by atoms with Crippen molar-refractivity contribution in [3.05, 3.63) is 35.4 Å². The molecule has 18 heavy (non-hydrogen) atoms. The summed E-state index contributed by atoms with van der Waals surface area (Å²) in [4.78, 5) is 14.2. The van der Waals surface area contributed by atoms with Crippen molar-refractivity contribution in [2.75, 3.05) is 13.1 Å². The maximum atomic E-state index is 12.1. The van der Waals surface area contributed by atoms with Gasteiger partial charge in [0.05, 0.1) is 0 Å². The fraction of sp³-hybridized carbons (Fsp3) is 0.533. The average Bonchev–Trinajstić information content (AvgIpc) is 2.59. The van der Waals surface area contributed by atoms with Crippen LogP contribution in [0.2, 0.25) is 0 Å². The van der Waals surface area contributed by atoms with Crippen LogP contribution < -0.4 is 5.32 Å². The van der Waals surface area contributed by atoms with E-state index in [0.717, 1.165) is 32.4 Å². The number of carbonyl (C=O) groups excluding carboxylic acids is 1. The number of amides is 1. The second-order valence-corrected chi connectivity index (χ2v) is 5.41. The number of rotatable bonds is 1. The Kier molecular flexibility index (Phi) is 2.86. The van der Waals surface area contributed by atoms with Gasteiger partial charge in [-0.25, -0.2) is 0 Å². The molecule has 3 rings (SSSR count). The second kappa shape index (κ2) is 4.39. The van der Waals surface area contributed by atoms with Crippen LogP contribution in [0.15, 0.2) is 24.3 Å². The summed E-state index contributed by atoms with van der Waals surface area (Å²) in [5, 5.41) is 3.63. The highest BCUT2D eigenvalue weighted by molar-refractivity contribution is 5.80. The predicted octanol–water partition coefficient (Wildman–Crippen LogP) is 2.15. The van der Waals surface area contributed by atoms with Crippen molar-refractivity contribution in [3.63, 3.8) is 0 Å². The van der Waals surface area contributed by atoms with Gasteiger partial charge in [0.15, 0.2) is 0 Å². The van der Waals surface area contributed by atoms with Gasteiger partial charge in [-0.1, -0.05) is 29.8 Å². The molecule has 3 nitrogen and oxygen atoms in total. The van der Waals surface area contributed by atoms with Gasteiger partial charge in [0.2, 0.25) is 5.91 Å². The van der Waals surface area contributed by atoms with E-state index >= 15 is 0 Å². The number of nitrogens with zero attached hydrogens (tertiary/aromatic N) is 1. The Morgan fingerprint density at radius 2 is 2.00 bits per heavy atom. The van der Waals surface area contributed by atoms with Crippen LogP contribution in [-0.2, 0) is 10.5 Å². The lowest BCUT2D eigenvalue weighted by Crippen LogP contribution is -2.52. The van der Waals surface area contributed by atoms with Crippen LogP contribution in [0.1, 0.15) is 36.8 Å². The number of hydrogen-bond donors (Lipinski definition) is 1. The van der Waals surface area contributed by atoms with Crippen molar-refractivity contribution in [3.8, 4) is 0 Å². The fourth-order valence-corrected chi connectivity index (χ4v) is 3.19. The van der Waals surface area contributed by atoms with Crippen LogP contribution in [0.25, 0.3) is 0 Å². The van der Waals surface area contributed by atoms with E-state index in [1.54, 1.807) is 0 Å². The highest BCUT2D eigenvalue weighted by Crippen LogP contribution is 2.38. The third kappa shape index (κ3) is 1.74. The van der Waals surface area contributed by atoms with Gasteiger partial charge in [0, 0.05) is 13.0 Å². The molecule has 1 unspecified atom stereocenters. The minimum Gasteiger partial charge on any atom is -0.320 e. The first kappa shape index (κ1) is 11.7. The lowest BCUT2D eigenvalue weighted by molar-refractivity contribution is -0.132. The molecule has 2 fully saturated rings. The second-order valence-electron chi connectivity index (χ2n) is 5.41. The van der Waals surface area contributed by atoms with Gasteiger partial charge >= 0.3 is 0 Å². The summed E-state index contributed by atoms with van der Waals surface area (Å²) in [5.74, 6) is 0.296. The molecule has 1 aromatic carbocycles. The molecule has 1 aromatic rings. The molecule has 1 amide bonds. The Hall–Kier alpha value is -1.35. The fourth-order valence-electron chi connectivity index (χ4n) is 3.19. The minimum atomic E-state index is -0.235. The summed E-state index contributed by atoms with van der Waals surface area (Å²) in [7, 11) is 0. The van der Waals surface area contributed by atoms with Crippen molar-refractivity contribution in [1.29, 1.82) is 0 Å². The Morgan fingerprint density at radius 3 is 2.78 bits per heavy atom. The Labute approximate surface area is 108 Å². The van der Waals surface area contributed by atoms with Gasteiger partial charge in [-0.15, -0.1) is 0 Å². The van der Waals surface area contributed by atoms with Crippen molar-refractivity contribution >= 4 is 5.91 Å². The molecule has 2 heterocycles. The molecule has 2 aliphatic heterocycles. The molecule has 96 valence electrons. The minimum absolute atomic E-state index is 0.235. The molecule has 1 atom stereocenters. The monoisotopic (exact) mass is 244 g/mol. The molecule has 3 heteroatoms. The zero-order chi connectivity index (χ0) is 12.6. The first-order chi connectivity index (χ1) is 8.72. The number of fused-ring (bicyclic) bond motifs is 1. The van der Waals surface area contributed by atoms with E-state index < -0.39 is 0 Å². The standard InChI is InChI=1S/C15H20N2O/c1-12-4-6-13(7-5-12)15-9-8-14(18)17(15)11-3-2-10-16-15/h4-7,16H,2-3,8-11H2,1H3. The zero-order valence-corrected chi connectivity index (χ0v) is 10.9. The van der Waals surface area contributed by atoms with Gasteiger partial charge in [-0.3, -0.25) is 10.1 Å². The smallest absolute Gasteiger partial charge is 0.224 e. The molecule has 0 aliphatic carbocycles. The van der Waals surface area contributed by atoms with Crippen LogP contribution in [0, 0.1) is 6.92 Å².